The lowest BCUT2D eigenvalue weighted by Crippen LogP contribution is -2.09. The second kappa shape index (κ2) is 5.55. The smallest absolute Gasteiger partial charge is 0.231 e. The van der Waals surface area contributed by atoms with Crippen molar-refractivity contribution in [3.8, 4) is 11.5 Å². The van der Waals surface area contributed by atoms with Crippen LogP contribution in [0.25, 0.3) is 10.2 Å². The average molecular weight is 325 g/mol. The van der Waals surface area contributed by atoms with E-state index in [0.29, 0.717) is 0 Å². The van der Waals surface area contributed by atoms with E-state index in [1.54, 1.807) is 11.3 Å². The summed E-state index contributed by atoms with van der Waals surface area (Å²) in [7, 11) is 2.00. The third-order valence-corrected chi connectivity index (χ3v) is 4.89. The van der Waals surface area contributed by atoms with Gasteiger partial charge in [-0.1, -0.05) is 23.5 Å². The molecule has 0 unspecified atom stereocenters. The van der Waals surface area contributed by atoms with E-state index in [4.69, 9.17) is 9.47 Å². The minimum absolute atomic E-state index is 0.275. The van der Waals surface area contributed by atoms with E-state index in [2.05, 4.69) is 26.9 Å². The summed E-state index contributed by atoms with van der Waals surface area (Å²) >= 11 is 1.63. The molecule has 0 saturated carbocycles. The number of aromatic nitrogens is 1. The first-order valence-corrected chi connectivity index (χ1v) is 8.07. The quantitative estimate of drug-likeness (QED) is 0.536. The van der Waals surface area contributed by atoms with E-state index >= 15 is 0 Å². The van der Waals surface area contributed by atoms with E-state index in [1.807, 2.05) is 44.3 Å². The van der Waals surface area contributed by atoms with Gasteiger partial charge in [0.1, 0.15) is 0 Å². The first-order valence-electron chi connectivity index (χ1n) is 7.25. The number of fused-ring (bicyclic) bond motifs is 2. The highest BCUT2D eigenvalue weighted by Crippen LogP contribution is 2.32. The minimum atomic E-state index is 0.275. The molecule has 0 fully saturated rings. The van der Waals surface area contributed by atoms with E-state index in [0.717, 1.165) is 33.1 Å². The van der Waals surface area contributed by atoms with Crippen molar-refractivity contribution < 1.29 is 9.47 Å². The maximum Gasteiger partial charge on any atom is 0.231 e. The van der Waals surface area contributed by atoms with Gasteiger partial charge in [-0.3, -0.25) is 0 Å². The standard InChI is InChI=1S/C17H15N3O2S/c1-11(12-7-8-14-15(9-12)22-10-21-14)18-19-17-20(2)13-5-3-4-6-16(13)23-17/h3-9H,10H2,1-2H3/b18-11-,19-17+. The van der Waals surface area contributed by atoms with Gasteiger partial charge in [0.2, 0.25) is 11.6 Å². The molecule has 0 amide bonds. The number of rotatable bonds is 2. The number of ether oxygens (including phenoxy) is 2. The SMILES string of the molecule is C/C(=N/N=c1/sc2ccccc2n1C)c1ccc2c(c1)OCO2. The van der Waals surface area contributed by atoms with Crippen LogP contribution in [0, 0.1) is 0 Å². The van der Waals surface area contributed by atoms with Crippen molar-refractivity contribution in [2.24, 2.45) is 17.3 Å². The fourth-order valence-electron chi connectivity index (χ4n) is 2.48. The molecule has 3 aromatic rings. The molecule has 0 radical (unpaired) electrons. The Labute approximate surface area is 137 Å². The van der Waals surface area contributed by atoms with Crippen LogP contribution in [0.1, 0.15) is 12.5 Å². The maximum absolute atomic E-state index is 5.40. The summed E-state index contributed by atoms with van der Waals surface area (Å²) < 4.78 is 14.0. The molecular weight excluding hydrogens is 310 g/mol. The van der Waals surface area contributed by atoms with E-state index in [9.17, 15) is 0 Å². The second-order valence-electron chi connectivity index (χ2n) is 5.26. The van der Waals surface area contributed by atoms with Crippen LogP contribution >= 0.6 is 11.3 Å². The molecule has 1 aromatic heterocycles. The molecule has 0 bridgehead atoms. The van der Waals surface area contributed by atoms with Crippen molar-refractivity contribution in [3.05, 3.63) is 52.8 Å². The fraction of sp³-hybridized carbons (Fsp3) is 0.176. The fourth-order valence-corrected chi connectivity index (χ4v) is 3.44. The zero-order valence-corrected chi connectivity index (χ0v) is 13.6. The zero-order chi connectivity index (χ0) is 15.8. The van der Waals surface area contributed by atoms with Gasteiger partial charge < -0.3 is 14.0 Å². The lowest BCUT2D eigenvalue weighted by Gasteiger charge is -2.00. The number of hydrogen-bond acceptors (Lipinski definition) is 5. The minimum Gasteiger partial charge on any atom is -0.454 e. The van der Waals surface area contributed by atoms with Crippen LogP contribution in [0.2, 0.25) is 0 Å². The van der Waals surface area contributed by atoms with Crippen molar-refractivity contribution in [1.29, 1.82) is 0 Å². The number of thiazole rings is 1. The molecule has 23 heavy (non-hydrogen) atoms. The molecule has 0 aliphatic carbocycles. The van der Waals surface area contributed by atoms with Crippen molar-refractivity contribution >= 4 is 27.3 Å². The molecule has 1 aliphatic rings. The summed E-state index contributed by atoms with van der Waals surface area (Å²) in [6.45, 7) is 2.21. The molecule has 2 heterocycles. The van der Waals surface area contributed by atoms with Crippen molar-refractivity contribution in [2.75, 3.05) is 6.79 Å². The Morgan fingerprint density at radius 2 is 1.96 bits per heavy atom. The van der Waals surface area contributed by atoms with Crippen LogP contribution in [0.5, 0.6) is 11.5 Å². The molecule has 0 atom stereocenters. The monoisotopic (exact) mass is 325 g/mol. The van der Waals surface area contributed by atoms with Crippen molar-refractivity contribution in [3.63, 3.8) is 0 Å². The Balaban J connectivity index is 1.73. The Hall–Kier alpha value is -2.60. The molecule has 0 N–H and O–H groups in total. The Morgan fingerprint density at radius 1 is 1.13 bits per heavy atom. The summed E-state index contributed by atoms with van der Waals surface area (Å²) in [6, 6.07) is 14.0. The summed E-state index contributed by atoms with van der Waals surface area (Å²) in [5.74, 6) is 1.53. The third-order valence-electron chi connectivity index (χ3n) is 3.79. The van der Waals surface area contributed by atoms with Gasteiger partial charge >= 0.3 is 0 Å². The lowest BCUT2D eigenvalue weighted by atomic mass is 10.1. The highest BCUT2D eigenvalue weighted by atomic mass is 32.1. The molecular formula is C17H15N3O2S. The van der Waals surface area contributed by atoms with Crippen LogP contribution in [0.4, 0.5) is 0 Å². The summed E-state index contributed by atoms with van der Waals surface area (Å²) in [5, 5.41) is 8.79. The van der Waals surface area contributed by atoms with Crippen LogP contribution in [0.3, 0.4) is 0 Å². The Morgan fingerprint density at radius 3 is 2.83 bits per heavy atom. The summed E-state index contributed by atoms with van der Waals surface area (Å²) in [6.07, 6.45) is 0. The van der Waals surface area contributed by atoms with Gasteiger partial charge in [-0.2, -0.15) is 5.10 Å². The molecule has 4 rings (SSSR count). The molecule has 0 saturated heterocycles. The van der Waals surface area contributed by atoms with Crippen molar-refractivity contribution in [2.45, 2.75) is 6.92 Å². The second-order valence-corrected chi connectivity index (χ2v) is 6.27. The average Bonchev–Trinajstić information content (AvgIpc) is 3.17. The van der Waals surface area contributed by atoms with Gasteiger partial charge in [-0.25, -0.2) is 0 Å². The van der Waals surface area contributed by atoms with Gasteiger partial charge in [0.15, 0.2) is 11.5 Å². The first kappa shape index (κ1) is 14.0. The molecule has 2 aromatic carbocycles. The molecule has 6 heteroatoms. The maximum atomic E-state index is 5.40. The van der Waals surface area contributed by atoms with Crippen LogP contribution in [0.15, 0.2) is 52.7 Å². The zero-order valence-electron chi connectivity index (χ0n) is 12.8. The number of para-hydroxylation sites is 1. The van der Waals surface area contributed by atoms with E-state index in [1.165, 1.54) is 4.70 Å². The van der Waals surface area contributed by atoms with Crippen LogP contribution < -0.4 is 14.3 Å². The Bertz CT molecular complexity index is 985. The van der Waals surface area contributed by atoms with Gasteiger partial charge in [0, 0.05) is 12.6 Å². The van der Waals surface area contributed by atoms with Gasteiger partial charge in [0.25, 0.3) is 0 Å². The van der Waals surface area contributed by atoms with Crippen LogP contribution in [-0.2, 0) is 7.05 Å². The van der Waals surface area contributed by atoms with Crippen LogP contribution in [-0.4, -0.2) is 17.1 Å². The summed E-state index contributed by atoms with van der Waals surface area (Å²) in [5.41, 5.74) is 2.97. The van der Waals surface area contributed by atoms with Gasteiger partial charge in [0.05, 0.1) is 15.9 Å². The summed E-state index contributed by atoms with van der Waals surface area (Å²) in [4.78, 5) is 0.867. The molecule has 1 aliphatic heterocycles. The first-order chi connectivity index (χ1) is 11.2. The normalized spacial score (nSPS) is 14.7. The predicted octanol–water partition coefficient (Wildman–Crippen LogP) is 3.29. The molecule has 5 nitrogen and oxygen atoms in total. The van der Waals surface area contributed by atoms with E-state index < -0.39 is 0 Å². The highest BCUT2D eigenvalue weighted by Gasteiger charge is 2.13. The Kier molecular flexibility index (Phi) is 3.38. The number of benzene rings is 2. The van der Waals surface area contributed by atoms with Gasteiger partial charge in [-0.05, 0) is 37.3 Å². The molecule has 0 spiro atoms. The predicted molar refractivity (Wildman–Crippen MR) is 91.1 cm³/mol. The number of aryl methyl sites for hydroxylation is 1. The third kappa shape index (κ3) is 2.51. The highest BCUT2D eigenvalue weighted by molar-refractivity contribution is 7.16. The number of hydrogen-bond donors (Lipinski definition) is 0. The topological polar surface area (TPSA) is 48.1 Å². The largest absolute Gasteiger partial charge is 0.454 e. The number of nitrogens with zero attached hydrogens (tertiary/aromatic N) is 3. The van der Waals surface area contributed by atoms with Crippen molar-refractivity contribution in [1.82, 2.24) is 4.57 Å². The lowest BCUT2D eigenvalue weighted by molar-refractivity contribution is 0.174. The van der Waals surface area contributed by atoms with E-state index in [-0.39, 0.29) is 6.79 Å². The molecule has 116 valence electrons. The van der Waals surface area contributed by atoms with Gasteiger partial charge in [-0.15, -0.1) is 5.10 Å².